The average molecular weight is 390 g/mol. The van der Waals surface area contributed by atoms with Crippen molar-refractivity contribution in [1.29, 1.82) is 0 Å². The Labute approximate surface area is 134 Å². The largest absolute Gasteiger partial charge is 0.345 e. The topological polar surface area (TPSA) is 102 Å². The summed E-state index contributed by atoms with van der Waals surface area (Å²) in [6, 6.07) is 4.38. The Balaban J connectivity index is 2.13. The van der Waals surface area contributed by atoms with Crippen LogP contribution in [0.1, 0.15) is 28.2 Å². The van der Waals surface area contributed by atoms with Crippen molar-refractivity contribution < 1.29 is 13.2 Å². The molecule has 6 nitrogen and oxygen atoms in total. The van der Waals surface area contributed by atoms with E-state index in [1.54, 1.807) is 25.3 Å². The molecule has 0 aliphatic heterocycles. The summed E-state index contributed by atoms with van der Waals surface area (Å²) >= 11 is 4.28. The molecule has 2 rings (SSSR count). The Hall–Kier alpha value is -1.29. The number of halogens is 1. The molecule has 0 aliphatic carbocycles. The van der Waals surface area contributed by atoms with Crippen molar-refractivity contribution in [3.8, 4) is 0 Å². The quantitative estimate of drug-likeness (QED) is 0.834. The highest BCUT2D eigenvalue weighted by Gasteiger charge is 2.17. The van der Waals surface area contributed by atoms with Crippen LogP contribution in [0.15, 0.2) is 39.3 Å². The molecule has 0 aromatic carbocycles. The zero-order valence-corrected chi connectivity index (χ0v) is 14.1. The number of amides is 1. The molecular weight excluding hydrogens is 378 g/mol. The second-order valence-corrected chi connectivity index (χ2v) is 8.11. The van der Waals surface area contributed by atoms with Gasteiger partial charge >= 0.3 is 0 Å². The highest BCUT2D eigenvalue weighted by atomic mass is 79.9. The van der Waals surface area contributed by atoms with Gasteiger partial charge in [0.2, 0.25) is 10.0 Å². The molecule has 0 spiro atoms. The van der Waals surface area contributed by atoms with Gasteiger partial charge < -0.3 is 5.32 Å². The monoisotopic (exact) mass is 389 g/mol. The van der Waals surface area contributed by atoms with Gasteiger partial charge in [-0.1, -0.05) is 0 Å². The molecule has 1 atom stereocenters. The van der Waals surface area contributed by atoms with E-state index in [0.717, 1.165) is 11.3 Å². The number of rotatable bonds is 4. The van der Waals surface area contributed by atoms with Crippen LogP contribution in [-0.2, 0) is 10.0 Å². The van der Waals surface area contributed by atoms with Crippen molar-refractivity contribution in [2.75, 3.05) is 0 Å². The number of nitrogens with one attached hydrogen (secondary N) is 1. The molecule has 2 aromatic rings. The van der Waals surface area contributed by atoms with Gasteiger partial charge in [-0.25, -0.2) is 13.6 Å². The number of aromatic nitrogens is 1. The summed E-state index contributed by atoms with van der Waals surface area (Å²) in [6.45, 7) is 1.77. The maximum atomic E-state index is 12.1. The number of hydrogen-bond acceptors (Lipinski definition) is 5. The Morgan fingerprint density at radius 3 is 2.71 bits per heavy atom. The van der Waals surface area contributed by atoms with Crippen LogP contribution in [0.2, 0.25) is 0 Å². The van der Waals surface area contributed by atoms with Crippen LogP contribution in [0, 0.1) is 0 Å². The minimum atomic E-state index is -3.71. The summed E-state index contributed by atoms with van der Waals surface area (Å²) in [6.07, 6.45) is 3.04. The number of sulfonamides is 1. The molecule has 1 amide bonds. The number of hydrogen-bond donors (Lipinski definition) is 2. The molecule has 3 N–H and O–H groups in total. The summed E-state index contributed by atoms with van der Waals surface area (Å²) in [5.41, 5.74) is 0.416. The van der Waals surface area contributed by atoms with Crippen molar-refractivity contribution in [2.45, 2.75) is 17.2 Å². The fourth-order valence-electron chi connectivity index (χ4n) is 1.61. The summed E-state index contributed by atoms with van der Waals surface area (Å²) < 4.78 is 23.3. The van der Waals surface area contributed by atoms with E-state index in [0.29, 0.717) is 14.9 Å². The SMILES string of the molecule is CC(NC(=O)c1cncc(Br)c1)c1ccc(S(N)(=O)=O)s1. The third-order valence-electron chi connectivity index (χ3n) is 2.62. The molecule has 9 heteroatoms. The number of carbonyl (C=O) groups is 1. The van der Waals surface area contributed by atoms with E-state index >= 15 is 0 Å². The van der Waals surface area contributed by atoms with Gasteiger partial charge in [-0.15, -0.1) is 11.3 Å². The van der Waals surface area contributed by atoms with Crippen LogP contribution in [0.5, 0.6) is 0 Å². The molecule has 0 radical (unpaired) electrons. The van der Waals surface area contributed by atoms with Crippen LogP contribution in [0.3, 0.4) is 0 Å². The zero-order valence-electron chi connectivity index (χ0n) is 10.9. The first kappa shape index (κ1) is 16.1. The number of nitrogens with two attached hydrogens (primary N) is 1. The fourth-order valence-corrected chi connectivity index (χ4v) is 3.72. The Morgan fingerprint density at radius 1 is 1.43 bits per heavy atom. The number of primary sulfonamides is 1. The number of thiophene rings is 1. The molecule has 0 fully saturated rings. The van der Waals surface area contributed by atoms with Gasteiger partial charge in [-0.05, 0) is 41.1 Å². The molecule has 21 heavy (non-hydrogen) atoms. The van der Waals surface area contributed by atoms with Crippen molar-refractivity contribution in [3.63, 3.8) is 0 Å². The maximum absolute atomic E-state index is 12.1. The van der Waals surface area contributed by atoms with Gasteiger partial charge in [0.25, 0.3) is 5.91 Å². The lowest BCUT2D eigenvalue weighted by Crippen LogP contribution is -2.26. The van der Waals surface area contributed by atoms with Crippen LogP contribution in [0.25, 0.3) is 0 Å². The van der Waals surface area contributed by atoms with Crippen molar-refractivity contribution in [1.82, 2.24) is 10.3 Å². The molecule has 2 aromatic heterocycles. The van der Waals surface area contributed by atoms with Gasteiger partial charge in [0.05, 0.1) is 11.6 Å². The predicted molar refractivity (Wildman–Crippen MR) is 83.5 cm³/mol. The van der Waals surface area contributed by atoms with Crippen molar-refractivity contribution in [2.24, 2.45) is 5.14 Å². The predicted octanol–water partition coefficient (Wildman–Crippen LogP) is 2.04. The molecule has 1 unspecified atom stereocenters. The summed E-state index contributed by atoms with van der Waals surface area (Å²) in [5.74, 6) is -0.290. The maximum Gasteiger partial charge on any atom is 0.253 e. The smallest absolute Gasteiger partial charge is 0.253 e. The molecule has 0 bridgehead atoms. The van der Waals surface area contributed by atoms with Crippen molar-refractivity contribution in [3.05, 3.63) is 45.5 Å². The lowest BCUT2D eigenvalue weighted by Gasteiger charge is -2.12. The summed E-state index contributed by atoms with van der Waals surface area (Å²) in [7, 11) is -3.71. The molecular formula is C12H12BrN3O3S2. The molecule has 0 aliphatic rings. The van der Waals surface area contributed by atoms with Gasteiger partial charge in [0, 0.05) is 21.7 Å². The van der Waals surface area contributed by atoms with E-state index in [-0.39, 0.29) is 16.2 Å². The number of pyridine rings is 1. The van der Waals surface area contributed by atoms with E-state index in [9.17, 15) is 13.2 Å². The first-order valence-corrected chi connectivity index (χ1v) is 8.97. The second kappa shape index (κ2) is 6.22. The molecule has 0 saturated heterocycles. The molecule has 0 saturated carbocycles. The second-order valence-electron chi connectivity index (χ2n) is 4.29. The lowest BCUT2D eigenvalue weighted by molar-refractivity contribution is 0.0940. The van der Waals surface area contributed by atoms with Crippen LogP contribution in [-0.4, -0.2) is 19.3 Å². The van der Waals surface area contributed by atoms with E-state index in [2.05, 4.69) is 26.2 Å². The third kappa shape index (κ3) is 4.10. The van der Waals surface area contributed by atoms with Crippen LogP contribution < -0.4 is 10.5 Å². The van der Waals surface area contributed by atoms with Crippen molar-refractivity contribution >= 4 is 43.2 Å². The normalized spacial score (nSPS) is 12.9. The minimum Gasteiger partial charge on any atom is -0.345 e. The molecule has 112 valence electrons. The summed E-state index contributed by atoms with van der Waals surface area (Å²) in [4.78, 5) is 16.7. The highest BCUT2D eigenvalue weighted by molar-refractivity contribution is 9.10. The van der Waals surface area contributed by atoms with Crippen LogP contribution in [0.4, 0.5) is 0 Å². The Morgan fingerprint density at radius 2 is 2.14 bits per heavy atom. The van der Waals surface area contributed by atoms with Gasteiger partial charge in [-0.3, -0.25) is 9.78 Å². The van der Waals surface area contributed by atoms with E-state index < -0.39 is 10.0 Å². The standard InChI is InChI=1S/C12H12BrN3O3S2/c1-7(10-2-3-11(20-10)21(14,18)19)16-12(17)8-4-9(13)6-15-5-8/h2-7H,1H3,(H,16,17)(H2,14,18,19). The number of nitrogens with zero attached hydrogens (tertiary/aromatic N) is 1. The first-order valence-electron chi connectivity index (χ1n) is 5.81. The average Bonchev–Trinajstić information content (AvgIpc) is 2.88. The Bertz CT molecular complexity index is 774. The third-order valence-corrected chi connectivity index (χ3v) is 5.76. The van der Waals surface area contributed by atoms with E-state index in [4.69, 9.17) is 5.14 Å². The number of carbonyl (C=O) groups excluding carboxylic acids is 1. The van der Waals surface area contributed by atoms with E-state index in [1.165, 1.54) is 12.3 Å². The molecule has 2 heterocycles. The fraction of sp³-hybridized carbons (Fsp3) is 0.167. The van der Waals surface area contributed by atoms with Gasteiger partial charge in [-0.2, -0.15) is 0 Å². The van der Waals surface area contributed by atoms with Gasteiger partial charge in [0.15, 0.2) is 0 Å². The summed E-state index contributed by atoms with van der Waals surface area (Å²) in [5, 5.41) is 7.84. The van der Waals surface area contributed by atoms with Gasteiger partial charge in [0.1, 0.15) is 4.21 Å². The van der Waals surface area contributed by atoms with Crippen LogP contribution >= 0.6 is 27.3 Å². The first-order chi connectivity index (χ1) is 9.77. The zero-order chi connectivity index (χ0) is 15.6. The highest BCUT2D eigenvalue weighted by Crippen LogP contribution is 2.26. The Kier molecular flexibility index (Phi) is 4.77. The van der Waals surface area contributed by atoms with E-state index in [1.807, 2.05) is 0 Å². The minimum absolute atomic E-state index is 0.0720. The lowest BCUT2D eigenvalue weighted by atomic mass is 10.2.